The van der Waals surface area contributed by atoms with Crippen molar-refractivity contribution in [3.63, 3.8) is 0 Å². The number of aromatic nitrogens is 2. The van der Waals surface area contributed by atoms with Crippen molar-refractivity contribution in [1.82, 2.24) is 15.3 Å². The Balaban J connectivity index is 1.59. The summed E-state index contributed by atoms with van der Waals surface area (Å²) in [5.74, 6) is 1.63. The SMILES string of the molecule is CNc1cc(N2CCCC2CNCc2cccc(C(F)(F)F)c2)ncn1. The van der Waals surface area contributed by atoms with Crippen LogP contribution < -0.4 is 15.5 Å². The first-order chi connectivity index (χ1) is 12.5. The maximum atomic E-state index is 12.8. The molecule has 0 bridgehead atoms. The Morgan fingerprint density at radius 2 is 2.08 bits per heavy atom. The third-order valence-electron chi connectivity index (χ3n) is 4.54. The summed E-state index contributed by atoms with van der Waals surface area (Å²) >= 11 is 0. The van der Waals surface area contributed by atoms with E-state index in [1.54, 1.807) is 6.07 Å². The van der Waals surface area contributed by atoms with E-state index in [0.717, 1.165) is 37.1 Å². The summed E-state index contributed by atoms with van der Waals surface area (Å²) in [6.07, 6.45) is -0.688. The fourth-order valence-corrected chi connectivity index (χ4v) is 3.23. The second kappa shape index (κ2) is 7.90. The van der Waals surface area contributed by atoms with Crippen molar-refractivity contribution in [2.24, 2.45) is 0 Å². The second-order valence-electron chi connectivity index (χ2n) is 6.33. The number of halogens is 3. The number of nitrogens with one attached hydrogen (secondary N) is 2. The van der Waals surface area contributed by atoms with E-state index in [0.29, 0.717) is 18.7 Å². The molecule has 1 saturated heterocycles. The molecule has 0 amide bonds. The summed E-state index contributed by atoms with van der Waals surface area (Å²) in [6.45, 7) is 2.00. The number of hydrogen-bond donors (Lipinski definition) is 2. The van der Waals surface area contributed by atoms with E-state index in [1.807, 2.05) is 13.1 Å². The second-order valence-corrected chi connectivity index (χ2v) is 6.33. The van der Waals surface area contributed by atoms with Crippen molar-refractivity contribution >= 4 is 11.6 Å². The zero-order valence-electron chi connectivity index (χ0n) is 14.6. The number of anilines is 2. The molecule has 3 rings (SSSR count). The van der Waals surface area contributed by atoms with Gasteiger partial charge in [-0.25, -0.2) is 9.97 Å². The van der Waals surface area contributed by atoms with Crippen molar-refractivity contribution in [3.8, 4) is 0 Å². The Hall–Kier alpha value is -2.35. The Labute approximate surface area is 150 Å². The minimum Gasteiger partial charge on any atom is -0.373 e. The van der Waals surface area contributed by atoms with Crippen LogP contribution in [0.3, 0.4) is 0 Å². The molecule has 0 saturated carbocycles. The first-order valence-electron chi connectivity index (χ1n) is 8.60. The van der Waals surface area contributed by atoms with Gasteiger partial charge in [0, 0.05) is 38.8 Å². The molecule has 2 heterocycles. The van der Waals surface area contributed by atoms with E-state index < -0.39 is 11.7 Å². The van der Waals surface area contributed by atoms with Crippen molar-refractivity contribution in [2.75, 3.05) is 30.4 Å². The molecule has 2 aromatic rings. The van der Waals surface area contributed by atoms with Crippen LogP contribution in [0, 0.1) is 0 Å². The highest BCUT2D eigenvalue weighted by atomic mass is 19.4. The van der Waals surface area contributed by atoms with Crippen molar-refractivity contribution in [3.05, 3.63) is 47.8 Å². The van der Waals surface area contributed by atoms with Crippen molar-refractivity contribution < 1.29 is 13.2 Å². The molecule has 1 unspecified atom stereocenters. The van der Waals surface area contributed by atoms with E-state index in [4.69, 9.17) is 0 Å². The molecule has 2 N–H and O–H groups in total. The summed E-state index contributed by atoms with van der Waals surface area (Å²) in [4.78, 5) is 10.7. The van der Waals surface area contributed by atoms with Crippen molar-refractivity contribution in [2.45, 2.75) is 31.6 Å². The van der Waals surface area contributed by atoms with E-state index in [-0.39, 0.29) is 6.04 Å². The molecular weight excluding hydrogens is 343 g/mol. The average Bonchev–Trinajstić information content (AvgIpc) is 3.10. The third-order valence-corrected chi connectivity index (χ3v) is 4.54. The van der Waals surface area contributed by atoms with Gasteiger partial charge in [-0.3, -0.25) is 0 Å². The molecule has 26 heavy (non-hydrogen) atoms. The molecule has 1 aliphatic heterocycles. The zero-order chi connectivity index (χ0) is 18.6. The molecule has 0 aliphatic carbocycles. The quantitative estimate of drug-likeness (QED) is 0.823. The van der Waals surface area contributed by atoms with Crippen LogP contribution in [0.5, 0.6) is 0 Å². The van der Waals surface area contributed by atoms with Gasteiger partial charge in [-0.05, 0) is 24.5 Å². The number of hydrogen-bond acceptors (Lipinski definition) is 5. The number of rotatable bonds is 6. The predicted octanol–water partition coefficient (Wildman–Crippen LogP) is 3.30. The van der Waals surface area contributed by atoms with Gasteiger partial charge in [0.25, 0.3) is 0 Å². The van der Waals surface area contributed by atoms with E-state index in [9.17, 15) is 13.2 Å². The lowest BCUT2D eigenvalue weighted by atomic mass is 10.1. The minimum atomic E-state index is -4.31. The lowest BCUT2D eigenvalue weighted by Crippen LogP contribution is -2.38. The maximum absolute atomic E-state index is 12.8. The van der Waals surface area contributed by atoms with Crippen LogP contribution in [0.25, 0.3) is 0 Å². The summed E-state index contributed by atoms with van der Waals surface area (Å²) < 4.78 is 38.4. The number of alkyl halides is 3. The van der Waals surface area contributed by atoms with Gasteiger partial charge in [0.05, 0.1) is 5.56 Å². The smallest absolute Gasteiger partial charge is 0.373 e. The first-order valence-corrected chi connectivity index (χ1v) is 8.60. The van der Waals surface area contributed by atoms with Crippen LogP contribution in [0.4, 0.5) is 24.8 Å². The lowest BCUT2D eigenvalue weighted by molar-refractivity contribution is -0.137. The van der Waals surface area contributed by atoms with Crippen LogP contribution >= 0.6 is 0 Å². The van der Waals surface area contributed by atoms with Crippen LogP contribution in [0.1, 0.15) is 24.0 Å². The number of benzene rings is 1. The molecule has 1 fully saturated rings. The van der Waals surface area contributed by atoms with E-state index >= 15 is 0 Å². The summed E-state index contributed by atoms with van der Waals surface area (Å²) in [5.41, 5.74) is 0.0174. The fourth-order valence-electron chi connectivity index (χ4n) is 3.23. The Bertz CT molecular complexity index is 735. The normalized spacial score (nSPS) is 17.5. The van der Waals surface area contributed by atoms with Crippen LogP contribution in [-0.4, -0.2) is 36.1 Å². The number of nitrogens with zero attached hydrogens (tertiary/aromatic N) is 3. The predicted molar refractivity (Wildman–Crippen MR) is 95.1 cm³/mol. The van der Waals surface area contributed by atoms with Gasteiger partial charge < -0.3 is 15.5 Å². The molecule has 1 aromatic heterocycles. The molecule has 1 aromatic carbocycles. The molecule has 5 nitrogen and oxygen atoms in total. The summed E-state index contributed by atoms with van der Waals surface area (Å²) in [7, 11) is 1.81. The standard InChI is InChI=1S/C18H22F3N5/c1-22-16-9-17(25-12-24-16)26-7-3-6-15(26)11-23-10-13-4-2-5-14(8-13)18(19,20)21/h2,4-5,8-9,12,15,23H,3,6-7,10-11H2,1H3,(H,22,24,25). The fraction of sp³-hybridized carbons (Fsp3) is 0.444. The molecular formula is C18H22F3N5. The van der Waals surface area contributed by atoms with Crippen LogP contribution in [0.15, 0.2) is 36.7 Å². The van der Waals surface area contributed by atoms with Gasteiger partial charge in [0.15, 0.2) is 0 Å². The third kappa shape index (κ3) is 4.43. The van der Waals surface area contributed by atoms with Crippen LogP contribution in [0.2, 0.25) is 0 Å². The van der Waals surface area contributed by atoms with Gasteiger partial charge in [0.2, 0.25) is 0 Å². The van der Waals surface area contributed by atoms with Gasteiger partial charge in [-0.2, -0.15) is 13.2 Å². The van der Waals surface area contributed by atoms with Gasteiger partial charge in [0.1, 0.15) is 18.0 Å². The minimum absolute atomic E-state index is 0.264. The van der Waals surface area contributed by atoms with E-state index in [2.05, 4.69) is 25.5 Å². The molecule has 0 radical (unpaired) electrons. The highest BCUT2D eigenvalue weighted by Crippen LogP contribution is 2.29. The van der Waals surface area contributed by atoms with Crippen LogP contribution in [-0.2, 0) is 12.7 Å². The lowest BCUT2D eigenvalue weighted by Gasteiger charge is -2.26. The highest BCUT2D eigenvalue weighted by Gasteiger charge is 2.30. The largest absolute Gasteiger partial charge is 0.416 e. The topological polar surface area (TPSA) is 53.1 Å². The monoisotopic (exact) mass is 365 g/mol. The van der Waals surface area contributed by atoms with Gasteiger partial charge in [-0.15, -0.1) is 0 Å². The first kappa shape index (κ1) is 18.4. The highest BCUT2D eigenvalue weighted by molar-refractivity contribution is 5.49. The zero-order valence-corrected chi connectivity index (χ0v) is 14.6. The molecule has 8 heteroatoms. The summed E-state index contributed by atoms with van der Waals surface area (Å²) in [5, 5.41) is 6.29. The van der Waals surface area contributed by atoms with E-state index in [1.165, 1.54) is 18.5 Å². The van der Waals surface area contributed by atoms with Crippen molar-refractivity contribution in [1.29, 1.82) is 0 Å². The Morgan fingerprint density at radius 3 is 2.85 bits per heavy atom. The van der Waals surface area contributed by atoms with Gasteiger partial charge in [-0.1, -0.05) is 18.2 Å². The molecule has 1 aliphatic rings. The Morgan fingerprint density at radius 1 is 1.23 bits per heavy atom. The molecule has 0 spiro atoms. The molecule has 1 atom stereocenters. The maximum Gasteiger partial charge on any atom is 0.416 e. The average molecular weight is 365 g/mol. The summed E-state index contributed by atoms with van der Waals surface area (Å²) in [6, 6.07) is 7.62. The van der Waals surface area contributed by atoms with Gasteiger partial charge >= 0.3 is 6.18 Å². The Kier molecular flexibility index (Phi) is 5.61. The molecule has 140 valence electrons.